The van der Waals surface area contributed by atoms with E-state index >= 15 is 0 Å². The summed E-state index contributed by atoms with van der Waals surface area (Å²) in [6.07, 6.45) is 2.33. The summed E-state index contributed by atoms with van der Waals surface area (Å²) in [4.78, 5) is 17.8. The van der Waals surface area contributed by atoms with E-state index in [9.17, 15) is 9.18 Å². The molecule has 0 amide bonds. The fourth-order valence-electron chi connectivity index (χ4n) is 2.53. The predicted octanol–water partition coefficient (Wildman–Crippen LogP) is 3.61. The Labute approximate surface area is 137 Å². The summed E-state index contributed by atoms with van der Waals surface area (Å²) >= 11 is 1.43. The molecule has 0 unspecified atom stereocenters. The number of thiophene rings is 1. The van der Waals surface area contributed by atoms with Crippen molar-refractivity contribution in [2.75, 3.05) is 13.7 Å². The van der Waals surface area contributed by atoms with Gasteiger partial charge >= 0.3 is 0 Å². The fraction of sp³-hybridized carbons (Fsp3) is 0.294. The second-order valence-corrected chi connectivity index (χ2v) is 6.24. The predicted molar refractivity (Wildman–Crippen MR) is 90.5 cm³/mol. The number of halogens is 1. The van der Waals surface area contributed by atoms with E-state index in [0.717, 1.165) is 17.5 Å². The topological polar surface area (TPSA) is 44.1 Å². The molecule has 0 aliphatic carbocycles. The zero-order valence-electron chi connectivity index (χ0n) is 13.0. The largest absolute Gasteiger partial charge is 0.385 e. The van der Waals surface area contributed by atoms with Crippen LogP contribution in [0.15, 0.2) is 34.7 Å². The molecule has 0 bridgehead atoms. The highest BCUT2D eigenvalue weighted by Crippen LogP contribution is 2.31. The van der Waals surface area contributed by atoms with E-state index < -0.39 is 0 Å². The normalized spacial score (nSPS) is 11.3. The number of aryl methyl sites for hydroxylation is 2. The molecule has 0 saturated heterocycles. The zero-order valence-corrected chi connectivity index (χ0v) is 13.8. The van der Waals surface area contributed by atoms with Gasteiger partial charge in [-0.2, -0.15) is 0 Å². The molecule has 0 aliphatic rings. The van der Waals surface area contributed by atoms with Crippen LogP contribution in [0.1, 0.15) is 12.0 Å². The molecule has 6 heteroatoms. The fourth-order valence-corrected chi connectivity index (χ4v) is 3.44. The molecule has 2 heterocycles. The van der Waals surface area contributed by atoms with Gasteiger partial charge < -0.3 is 4.74 Å². The summed E-state index contributed by atoms with van der Waals surface area (Å²) in [5.74, 6) is -0.247. The van der Waals surface area contributed by atoms with Crippen molar-refractivity contribution >= 4 is 21.6 Å². The first kappa shape index (κ1) is 15.8. The van der Waals surface area contributed by atoms with E-state index in [2.05, 4.69) is 4.98 Å². The lowest BCUT2D eigenvalue weighted by Gasteiger charge is -2.06. The Morgan fingerprint density at radius 3 is 2.96 bits per heavy atom. The van der Waals surface area contributed by atoms with Crippen LogP contribution in [-0.4, -0.2) is 23.3 Å². The molecule has 4 nitrogen and oxygen atoms in total. The molecule has 0 saturated carbocycles. The molecule has 2 aromatic heterocycles. The van der Waals surface area contributed by atoms with Crippen LogP contribution in [0.2, 0.25) is 0 Å². The van der Waals surface area contributed by atoms with Gasteiger partial charge in [0.05, 0.1) is 11.7 Å². The maximum absolute atomic E-state index is 13.5. The lowest BCUT2D eigenvalue weighted by atomic mass is 10.0. The van der Waals surface area contributed by atoms with Gasteiger partial charge in [-0.3, -0.25) is 9.36 Å². The minimum Gasteiger partial charge on any atom is -0.385 e. The van der Waals surface area contributed by atoms with Gasteiger partial charge in [0, 0.05) is 31.2 Å². The molecule has 120 valence electrons. The van der Waals surface area contributed by atoms with Crippen molar-refractivity contribution in [1.82, 2.24) is 9.55 Å². The van der Waals surface area contributed by atoms with Gasteiger partial charge in [0.15, 0.2) is 0 Å². The Morgan fingerprint density at radius 1 is 1.39 bits per heavy atom. The summed E-state index contributed by atoms with van der Waals surface area (Å²) in [7, 11) is 1.64. The number of hydrogen-bond acceptors (Lipinski definition) is 4. The van der Waals surface area contributed by atoms with Gasteiger partial charge in [-0.05, 0) is 36.6 Å². The molecule has 0 radical (unpaired) electrons. The average Bonchev–Trinajstić information content (AvgIpc) is 2.97. The van der Waals surface area contributed by atoms with E-state index in [1.807, 2.05) is 5.38 Å². The lowest BCUT2D eigenvalue weighted by Crippen LogP contribution is -2.21. The Bertz CT molecular complexity index is 901. The minimum absolute atomic E-state index is 0.0654. The van der Waals surface area contributed by atoms with Crippen molar-refractivity contribution in [2.24, 2.45) is 0 Å². The lowest BCUT2D eigenvalue weighted by molar-refractivity contribution is 0.190. The monoisotopic (exact) mass is 332 g/mol. The average molecular weight is 332 g/mol. The zero-order chi connectivity index (χ0) is 16.4. The number of hydrogen-bond donors (Lipinski definition) is 0. The van der Waals surface area contributed by atoms with Crippen molar-refractivity contribution in [3.05, 3.63) is 51.6 Å². The van der Waals surface area contributed by atoms with Gasteiger partial charge in [0.1, 0.15) is 10.6 Å². The number of ether oxygens (including phenoxy) is 1. The SMILES string of the molecule is COCCCn1cnc2scc(-c3ccc(F)c(C)c3)c2c1=O. The smallest absolute Gasteiger partial charge is 0.262 e. The molecule has 3 rings (SSSR count). The van der Waals surface area contributed by atoms with Gasteiger partial charge in [-0.1, -0.05) is 6.07 Å². The number of methoxy groups -OCH3 is 1. The first-order valence-corrected chi connectivity index (χ1v) is 8.22. The molecule has 0 N–H and O–H groups in total. The van der Waals surface area contributed by atoms with Crippen molar-refractivity contribution in [2.45, 2.75) is 19.9 Å². The molecule has 1 aromatic carbocycles. The highest BCUT2D eigenvalue weighted by molar-refractivity contribution is 7.17. The minimum atomic E-state index is -0.247. The van der Waals surface area contributed by atoms with Crippen LogP contribution in [0.25, 0.3) is 21.3 Å². The highest BCUT2D eigenvalue weighted by atomic mass is 32.1. The third-order valence-corrected chi connectivity index (χ3v) is 4.66. The maximum Gasteiger partial charge on any atom is 0.262 e. The second kappa shape index (κ2) is 6.60. The molecule has 0 aliphatic heterocycles. The van der Waals surface area contributed by atoms with E-state index in [1.54, 1.807) is 37.1 Å². The number of rotatable bonds is 5. The van der Waals surface area contributed by atoms with Crippen LogP contribution in [-0.2, 0) is 11.3 Å². The van der Waals surface area contributed by atoms with Crippen LogP contribution in [0.3, 0.4) is 0 Å². The molecule has 23 heavy (non-hydrogen) atoms. The van der Waals surface area contributed by atoms with Crippen molar-refractivity contribution in [1.29, 1.82) is 0 Å². The summed E-state index contributed by atoms with van der Waals surface area (Å²) in [6.45, 7) is 2.88. The van der Waals surface area contributed by atoms with E-state index in [1.165, 1.54) is 17.4 Å². The summed E-state index contributed by atoms with van der Waals surface area (Å²) in [5.41, 5.74) is 2.14. The Hall–Kier alpha value is -2.05. The standard InChI is InChI=1S/C17H17FN2O2S/c1-11-8-12(4-5-14(11)18)13-9-23-16-15(13)17(21)20(10-19-16)6-3-7-22-2/h4-5,8-10H,3,6-7H2,1-2H3. The van der Waals surface area contributed by atoms with Gasteiger partial charge in [-0.15, -0.1) is 11.3 Å². The third kappa shape index (κ3) is 3.04. The van der Waals surface area contributed by atoms with Crippen molar-refractivity contribution < 1.29 is 9.13 Å². The van der Waals surface area contributed by atoms with Gasteiger partial charge in [-0.25, -0.2) is 9.37 Å². The van der Waals surface area contributed by atoms with E-state index in [0.29, 0.717) is 28.9 Å². The Kier molecular flexibility index (Phi) is 4.54. The van der Waals surface area contributed by atoms with Crippen LogP contribution in [0.5, 0.6) is 0 Å². The molecule has 0 fully saturated rings. The summed E-state index contributed by atoms with van der Waals surface area (Å²) in [6, 6.07) is 4.89. The van der Waals surface area contributed by atoms with Crippen LogP contribution >= 0.6 is 11.3 Å². The molecule has 3 aromatic rings. The van der Waals surface area contributed by atoms with Gasteiger partial charge in [0.25, 0.3) is 5.56 Å². The van der Waals surface area contributed by atoms with Crippen LogP contribution in [0, 0.1) is 12.7 Å². The molecule has 0 atom stereocenters. The van der Waals surface area contributed by atoms with Crippen LogP contribution in [0.4, 0.5) is 4.39 Å². The van der Waals surface area contributed by atoms with E-state index in [-0.39, 0.29) is 11.4 Å². The third-order valence-electron chi connectivity index (χ3n) is 3.78. The number of benzene rings is 1. The Balaban J connectivity index is 2.09. The highest BCUT2D eigenvalue weighted by Gasteiger charge is 2.14. The van der Waals surface area contributed by atoms with Crippen LogP contribution < -0.4 is 5.56 Å². The summed E-state index contributed by atoms with van der Waals surface area (Å²) in [5, 5.41) is 2.51. The van der Waals surface area contributed by atoms with Gasteiger partial charge in [0.2, 0.25) is 0 Å². The molecular weight excluding hydrogens is 315 g/mol. The first-order chi connectivity index (χ1) is 11.1. The number of aromatic nitrogens is 2. The second-order valence-electron chi connectivity index (χ2n) is 5.38. The molecule has 0 spiro atoms. The number of fused-ring (bicyclic) bond motifs is 1. The van der Waals surface area contributed by atoms with Crippen molar-refractivity contribution in [3.8, 4) is 11.1 Å². The summed E-state index contributed by atoms with van der Waals surface area (Å²) < 4.78 is 20.1. The first-order valence-electron chi connectivity index (χ1n) is 7.34. The quantitative estimate of drug-likeness (QED) is 0.671. The maximum atomic E-state index is 13.5. The van der Waals surface area contributed by atoms with Crippen molar-refractivity contribution in [3.63, 3.8) is 0 Å². The Morgan fingerprint density at radius 2 is 2.22 bits per heavy atom. The number of nitrogens with zero attached hydrogens (tertiary/aromatic N) is 2. The molecular formula is C17H17FN2O2S. The van der Waals surface area contributed by atoms with E-state index in [4.69, 9.17) is 4.74 Å².